The van der Waals surface area contributed by atoms with Gasteiger partial charge >= 0.3 is 0 Å². The quantitative estimate of drug-likeness (QED) is 0.386. The molecular weight excluding hydrogens is 540 g/mol. The second-order valence-corrected chi connectivity index (χ2v) is 12.5. The van der Waals surface area contributed by atoms with E-state index in [0.717, 1.165) is 42.8 Å². The Labute approximate surface area is 253 Å². The SMILES string of the molecule is CC(C)(Oc1cccc(N2CCC[C@@H](C(=O)N3CCc4cc(-c5ccccc5)ccc4C3)C2)c1)C(=O)N1CC[N+](=O)CC1. The number of carbonyl (C=O) groups is 2. The average molecular weight is 582 g/mol. The van der Waals surface area contributed by atoms with E-state index in [4.69, 9.17) is 4.74 Å². The molecule has 224 valence electrons. The Morgan fingerprint density at radius 2 is 1.63 bits per heavy atom. The number of anilines is 1. The third-order valence-electron chi connectivity index (χ3n) is 9.00. The molecule has 0 saturated carbocycles. The fourth-order valence-electron chi connectivity index (χ4n) is 6.58. The maximum absolute atomic E-state index is 13.7. The monoisotopic (exact) mass is 581 g/mol. The first-order chi connectivity index (χ1) is 20.8. The van der Waals surface area contributed by atoms with Crippen LogP contribution in [0.15, 0.2) is 72.8 Å². The summed E-state index contributed by atoms with van der Waals surface area (Å²) in [6.45, 7) is 7.98. The fraction of sp³-hybridized carbons (Fsp3) is 0.429. The van der Waals surface area contributed by atoms with Crippen molar-refractivity contribution >= 4 is 17.5 Å². The van der Waals surface area contributed by atoms with E-state index in [2.05, 4.69) is 47.4 Å². The van der Waals surface area contributed by atoms with E-state index in [0.29, 0.717) is 45.0 Å². The average Bonchev–Trinajstić information content (AvgIpc) is 3.04. The smallest absolute Gasteiger partial charge is 0.266 e. The molecule has 3 aromatic rings. The molecule has 2 fully saturated rings. The number of amides is 2. The Morgan fingerprint density at radius 1 is 0.837 bits per heavy atom. The van der Waals surface area contributed by atoms with Crippen molar-refractivity contribution < 1.29 is 19.1 Å². The van der Waals surface area contributed by atoms with Crippen molar-refractivity contribution in [2.75, 3.05) is 50.7 Å². The highest BCUT2D eigenvalue weighted by Gasteiger charge is 2.38. The van der Waals surface area contributed by atoms with Crippen LogP contribution < -0.4 is 9.64 Å². The van der Waals surface area contributed by atoms with Gasteiger partial charge in [0, 0.05) is 47.6 Å². The van der Waals surface area contributed by atoms with Gasteiger partial charge in [0.25, 0.3) is 5.91 Å². The van der Waals surface area contributed by atoms with Gasteiger partial charge in [0.15, 0.2) is 5.60 Å². The molecule has 3 aliphatic heterocycles. The summed E-state index contributed by atoms with van der Waals surface area (Å²) < 4.78 is 7.22. The van der Waals surface area contributed by atoms with E-state index < -0.39 is 5.60 Å². The molecule has 0 spiro atoms. The minimum atomic E-state index is -1.06. The van der Waals surface area contributed by atoms with Crippen LogP contribution in [0.3, 0.4) is 0 Å². The molecule has 6 rings (SSSR count). The predicted molar refractivity (Wildman–Crippen MR) is 167 cm³/mol. The normalized spacial score (nSPS) is 19.2. The highest BCUT2D eigenvalue weighted by molar-refractivity contribution is 5.85. The van der Waals surface area contributed by atoms with E-state index in [1.165, 1.54) is 22.3 Å². The molecule has 2 saturated heterocycles. The molecular formula is C35H41N4O4+. The third kappa shape index (κ3) is 6.43. The van der Waals surface area contributed by atoms with Crippen LogP contribution in [0.1, 0.15) is 37.8 Å². The number of nitroso groups, excluding NO2 is 1. The lowest BCUT2D eigenvalue weighted by Crippen LogP contribution is -2.53. The summed E-state index contributed by atoms with van der Waals surface area (Å²) in [4.78, 5) is 44.5. The van der Waals surface area contributed by atoms with E-state index >= 15 is 0 Å². The molecule has 0 radical (unpaired) electrons. The molecule has 0 bridgehead atoms. The van der Waals surface area contributed by atoms with Gasteiger partial charge in [-0.1, -0.05) is 54.6 Å². The van der Waals surface area contributed by atoms with Gasteiger partial charge in [-0.3, -0.25) is 9.59 Å². The van der Waals surface area contributed by atoms with E-state index in [9.17, 15) is 14.5 Å². The number of fused-ring (bicyclic) bond motifs is 1. The summed E-state index contributed by atoms with van der Waals surface area (Å²) in [7, 11) is 0. The van der Waals surface area contributed by atoms with Gasteiger partial charge in [-0.05, 0) is 67.5 Å². The first-order valence-corrected chi connectivity index (χ1v) is 15.5. The minimum Gasteiger partial charge on any atom is -0.478 e. The molecule has 3 aromatic carbocycles. The van der Waals surface area contributed by atoms with Gasteiger partial charge < -0.3 is 19.4 Å². The standard InChI is InChI=1S/C35H41N4O4/c1-35(2,34(41)36-18-20-39(42)21-19-36)43-32-12-6-11-31(23-32)37-16-7-10-30(25-37)33(40)38-17-15-28-22-27(13-14-29(28)24-38)26-8-4-3-5-9-26/h3-6,8-9,11-14,22-23,30H,7,10,15-21,24-25H2,1-2H3/q+1/t30-/m1/s1. The van der Waals surface area contributed by atoms with Gasteiger partial charge in [-0.2, -0.15) is 0 Å². The van der Waals surface area contributed by atoms with Crippen molar-refractivity contribution in [3.63, 3.8) is 0 Å². The molecule has 2 amide bonds. The Balaban J connectivity index is 1.09. The van der Waals surface area contributed by atoms with Crippen LogP contribution >= 0.6 is 0 Å². The Hall–Kier alpha value is -4.20. The van der Waals surface area contributed by atoms with Crippen LogP contribution in [0, 0.1) is 10.8 Å². The zero-order valence-electron chi connectivity index (χ0n) is 25.2. The molecule has 43 heavy (non-hydrogen) atoms. The molecule has 1 atom stereocenters. The summed E-state index contributed by atoms with van der Waals surface area (Å²) in [5.41, 5.74) is 4.95. The van der Waals surface area contributed by atoms with Crippen molar-refractivity contribution in [1.29, 1.82) is 0 Å². The van der Waals surface area contributed by atoms with Gasteiger partial charge in [0.2, 0.25) is 19.0 Å². The molecule has 8 nitrogen and oxygen atoms in total. The lowest BCUT2D eigenvalue weighted by Gasteiger charge is -2.38. The lowest BCUT2D eigenvalue weighted by atomic mass is 9.92. The van der Waals surface area contributed by atoms with Gasteiger partial charge in [0.05, 0.1) is 19.0 Å². The summed E-state index contributed by atoms with van der Waals surface area (Å²) >= 11 is 0. The molecule has 0 aliphatic carbocycles. The van der Waals surface area contributed by atoms with Crippen molar-refractivity contribution in [2.45, 2.75) is 45.3 Å². The van der Waals surface area contributed by atoms with Gasteiger partial charge in [-0.15, -0.1) is 0 Å². The number of hydrogen-bond acceptors (Lipinski definition) is 5. The summed E-state index contributed by atoms with van der Waals surface area (Å²) in [5.74, 6) is 0.685. The zero-order chi connectivity index (χ0) is 30.0. The zero-order valence-corrected chi connectivity index (χ0v) is 25.2. The van der Waals surface area contributed by atoms with Gasteiger partial charge in [0.1, 0.15) is 5.75 Å². The molecule has 8 heteroatoms. The Kier molecular flexibility index (Phi) is 8.19. The highest BCUT2D eigenvalue weighted by Crippen LogP contribution is 2.31. The lowest BCUT2D eigenvalue weighted by molar-refractivity contribution is -0.558. The molecule has 0 unspecified atom stereocenters. The number of nitrogens with zero attached hydrogens (tertiary/aromatic N) is 4. The first kappa shape index (κ1) is 28.9. The van der Waals surface area contributed by atoms with Crippen LogP contribution in [-0.4, -0.2) is 77.8 Å². The maximum Gasteiger partial charge on any atom is 0.266 e. The van der Waals surface area contributed by atoms with Crippen molar-refractivity contribution in [3.8, 4) is 16.9 Å². The molecule has 0 aromatic heterocycles. The minimum absolute atomic E-state index is 0.0545. The summed E-state index contributed by atoms with van der Waals surface area (Å²) in [6.07, 6.45) is 2.71. The van der Waals surface area contributed by atoms with E-state index in [-0.39, 0.29) is 17.7 Å². The number of piperidine rings is 1. The maximum atomic E-state index is 13.7. The third-order valence-corrected chi connectivity index (χ3v) is 9.00. The summed E-state index contributed by atoms with van der Waals surface area (Å²) in [6, 6.07) is 24.9. The van der Waals surface area contributed by atoms with Crippen LogP contribution in [0.4, 0.5) is 5.69 Å². The Morgan fingerprint density at radius 3 is 2.42 bits per heavy atom. The van der Waals surface area contributed by atoms with Crippen LogP contribution in [-0.2, 0) is 22.6 Å². The van der Waals surface area contributed by atoms with Crippen molar-refractivity contribution in [3.05, 3.63) is 88.8 Å². The number of benzene rings is 3. The predicted octanol–water partition coefficient (Wildman–Crippen LogP) is 4.93. The highest BCUT2D eigenvalue weighted by atomic mass is 16.5. The molecule has 0 N–H and O–H groups in total. The Bertz CT molecular complexity index is 1490. The fourth-order valence-corrected chi connectivity index (χ4v) is 6.58. The molecule has 3 heterocycles. The summed E-state index contributed by atoms with van der Waals surface area (Å²) in [5, 5.41) is 0. The molecule has 3 aliphatic rings. The number of hydrogen-bond donors (Lipinski definition) is 0. The largest absolute Gasteiger partial charge is 0.478 e. The first-order valence-electron chi connectivity index (χ1n) is 15.5. The topological polar surface area (TPSA) is 73.2 Å². The number of rotatable bonds is 6. The second kappa shape index (κ2) is 12.2. The van der Waals surface area contributed by atoms with Crippen LogP contribution in [0.5, 0.6) is 5.75 Å². The van der Waals surface area contributed by atoms with Crippen molar-refractivity contribution in [1.82, 2.24) is 9.80 Å². The van der Waals surface area contributed by atoms with Crippen LogP contribution in [0.25, 0.3) is 11.1 Å². The second-order valence-electron chi connectivity index (χ2n) is 12.5. The van der Waals surface area contributed by atoms with Gasteiger partial charge in [-0.25, -0.2) is 0 Å². The number of ether oxygens (including phenoxy) is 1. The van der Waals surface area contributed by atoms with E-state index in [1.807, 2.05) is 35.2 Å². The number of carbonyl (C=O) groups excluding carboxylic acids is 2. The number of piperazine rings is 1. The van der Waals surface area contributed by atoms with Crippen molar-refractivity contribution in [2.24, 2.45) is 5.92 Å². The van der Waals surface area contributed by atoms with Crippen LogP contribution in [0.2, 0.25) is 0 Å². The van der Waals surface area contributed by atoms with E-state index in [1.54, 1.807) is 18.7 Å².